The molecular weight excluding hydrogens is 180 g/mol. The Hall–Kier alpha value is -0.160. The molecule has 0 aromatic heterocycles. The van der Waals surface area contributed by atoms with Crippen molar-refractivity contribution in [2.45, 2.75) is 26.4 Å². The first kappa shape index (κ1) is 13.8. The Morgan fingerprint density at radius 3 is 2.71 bits per heavy atom. The minimum atomic E-state index is -0.422. The lowest BCUT2D eigenvalue weighted by molar-refractivity contribution is 0.0331. The van der Waals surface area contributed by atoms with Gasteiger partial charge in [-0.05, 0) is 12.3 Å². The van der Waals surface area contributed by atoms with Crippen LogP contribution < -0.4 is 11.1 Å². The lowest BCUT2D eigenvalue weighted by Gasteiger charge is -2.12. The van der Waals surface area contributed by atoms with E-state index in [1.54, 1.807) is 0 Å². The fourth-order valence-corrected chi connectivity index (χ4v) is 0.968. The number of aliphatic hydroxyl groups is 1. The molecule has 0 aliphatic rings. The van der Waals surface area contributed by atoms with Crippen LogP contribution in [0.3, 0.4) is 0 Å². The molecule has 0 saturated heterocycles. The maximum absolute atomic E-state index is 9.41. The quantitative estimate of drug-likeness (QED) is 0.461. The maximum Gasteiger partial charge on any atom is 0.0897 e. The van der Waals surface area contributed by atoms with Crippen molar-refractivity contribution in [3.8, 4) is 0 Å². The summed E-state index contributed by atoms with van der Waals surface area (Å²) in [4.78, 5) is 0. The molecule has 0 heterocycles. The number of aliphatic hydroxyl groups excluding tert-OH is 1. The van der Waals surface area contributed by atoms with E-state index < -0.39 is 6.10 Å². The fraction of sp³-hybridized carbons (Fsp3) is 1.00. The molecule has 0 fully saturated rings. The van der Waals surface area contributed by atoms with E-state index in [-0.39, 0.29) is 0 Å². The highest BCUT2D eigenvalue weighted by Gasteiger charge is 2.03. The third-order valence-corrected chi connectivity index (χ3v) is 1.85. The van der Waals surface area contributed by atoms with Gasteiger partial charge < -0.3 is 20.9 Å². The van der Waals surface area contributed by atoms with Gasteiger partial charge in [-0.2, -0.15) is 0 Å². The van der Waals surface area contributed by atoms with Crippen molar-refractivity contribution in [3.05, 3.63) is 0 Å². The molecule has 0 amide bonds. The molecule has 0 aromatic carbocycles. The van der Waals surface area contributed by atoms with E-state index >= 15 is 0 Å². The highest BCUT2D eigenvalue weighted by molar-refractivity contribution is 4.58. The van der Waals surface area contributed by atoms with Crippen LogP contribution in [0.15, 0.2) is 0 Å². The zero-order chi connectivity index (χ0) is 10.8. The first-order valence-electron chi connectivity index (χ1n) is 5.33. The van der Waals surface area contributed by atoms with Crippen LogP contribution in [0.1, 0.15) is 20.3 Å². The van der Waals surface area contributed by atoms with Crippen LogP contribution in [-0.4, -0.2) is 44.1 Å². The number of rotatable bonds is 9. The molecule has 4 heteroatoms. The minimum absolute atomic E-state index is 0.407. The standard InChI is InChI=1S/C10H24N2O2/c1-9(2)3-6-14-8-10(13)7-12-5-4-11/h9-10,12-13H,3-8,11H2,1-2H3/t10-/m0/s1. The highest BCUT2D eigenvalue weighted by Crippen LogP contribution is 1.98. The third-order valence-electron chi connectivity index (χ3n) is 1.85. The number of ether oxygens (including phenoxy) is 1. The minimum Gasteiger partial charge on any atom is -0.389 e. The summed E-state index contributed by atoms with van der Waals surface area (Å²) in [6, 6.07) is 0. The van der Waals surface area contributed by atoms with Gasteiger partial charge in [0.2, 0.25) is 0 Å². The smallest absolute Gasteiger partial charge is 0.0897 e. The van der Waals surface area contributed by atoms with E-state index in [0.717, 1.165) is 19.6 Å². The summed E-state index contributed by atoms with van der Waals surface area (Å²) in [6.45, 7) is 7.34. The average molecular weight is 204 g/mol. The molecule has 0 unspecified atom stereocenters. The Morgan fingerprint density at radius 1 is 1.43 bits per heavy atom. The van der Waals surface area contributed by atoms with Crippen molar-refractivity contribution in [2.75, 3.05) is 32.8 Å². The molecule has 0 rings (SSSR count). The predicted molar refractivity (Wildman–Crippen MR) is 58.2 cm³/mol. The second-order valence-electron chi connectivity index (χ2n) is 3.90. The van der Waals surface area contributed by atoms with Crippen LogP contribution in [0.5, 0.6) is 0 Å². The van der Waals surface area contributed by atoms with Crippen LogP contribution in [0.4, 0.5) is 0 Å². The molecule has 4 nitrogen and oxygen atoms in total. The van der Waals surface area contributed by atoms with Crippen LogP contribution in [0.25, 0.3) is 0 Å². The number of hydrogen-bond donors (Lipinski definition) is 3. The molecule has 0 aromatic rings. The molecule has 4 N–H and O–H groups in total. The van der Waals surface area contributed by atoms with Gasteiger partial charge in [-0.15, -0.1) is 0 Å². The first-order valence-corrected chi connectivity index (χ1v) is 5.33. The monoisotopic (exact) mass is 204 g/mol. The lowest BCUT2D eigenvalue weighted by atomic mass is 10.1. The first-order chi connectivity index (χ1) is 6.66. The summed E-state index contributed by atoms with van der Waals surface area (Å²) in [6.07, 6.45) is 0.622. The Balaban J connectivity index is 3.14. The largest absolute Gasteiger partial charge is 0.389 e. The number of hydrogen-bond acceptors (Lipinski definition) is 4. The van der Waals surface area contributed by atoms with Crippen molar-refractivity contribution in [2.24, 2.45) is 11.7 Å². The Kier molecular flexibility index (Phi) is 9.29. The Morgan fingerprint density at radius 2 is 2.14 bits per heavy atom. The summed E-state index contributed by atoms with van der Waals surface area (Å²) in [5.74, 6) is 0.655. The van der Waals surface area contributed by atoms with Gasteiger partial charge in [0.15, 0.2) is 0 Å². The second-order valence-corrected chi connectivity index (χ2v) is 3.90. The summed E-state index contributed by atoms with van der Waals surface area (Å²) >= 11 is 0. The van der Waals surface area contributed by atoms with E-state index in [9.17, 15) is 5.11 Å². The van der Waals surface area contributed by atoms with Crippen molar-refractivity contribution in [1.29, 1.82) is 0 Å². The highest BCUT2D eigenvalue weighted by atomic mass is 16.5. The molecule has 0 bridgehead atoms. The number of nitrogens with one attached hydrogen (secondary N) is 1. The van der Waals surface area contributed by atoms with E-state index in [0.29, 0.717) is 25.6 Å². The van der Waals surface area contributed by atoms with Crippen molar-refractivity contribution < 1.29 is 9.84 Å². The van der Waals surface area contributed by atoms with Crippen molar-refractivity contribution in [1.82, 2.24) is 5.32 Å². The zero-order valence-corrected chi connectivity index (χ0v) is 9.33. The van der Waals surface area contributed by atoms with E-state index in [1.807, 2.05) is 0 Å². The SMILES string of the molecule is CC(C)CCOC[C@@H](O)CNCCN. The normalized spacial score (nSPS) is 13.5. The lowest BCUT2D eigenvalue weighted by Crippen LogP contribution is -2.33. The Labute approximate surface area is 86.8 Å². The van der Waals surface area contributed by atoms with Crippen molar-refractivity contribution >= 4 is 0 Å². The molecule has 86 valence electrons. The van der Waals surface area contributed by atoms with Gasteiger partial charge in [-0.25, -0.2) is 0 Å². The summed E-state index contributed by atoms with van der Waals surface area (Å²) in [5.41, 5.74) is 5.29. The summed E-state index contributed by atoms with van der Waals surface area (Å²) < 4.78 is 5.32. The maximum atomic E-state index is 9.41. The molecule has 0 spiro atoms. The molecule has 0 aliphatic heterocycles. The van der Waals surface area contributed by atoms with Gasteiger partial charge >= 0.3 is 0 Å². The summed E-state index contributed by atoms with van der Waals surface area (Å²) in [5, 5.41) is 12.4. The van der Waals surface area contributed by atoms with Crippen LogP contribution in [0.2, 0.25) is 0 Å². The van der Waals surface area contributed by atoms with Gasteiger partial charge in [-0.1, -0.05) is 13.8 Å². The number of nitrogens with two attached hydrogens (primary N) is 1. The van der Waals surface area contributed by atoms with Gasteiger partial charge in [0.05, 0.1) is 12.7 Å². The summed E-state index contributed by atoms with van der Waals surface area (Å²) in [7, 11) is 0. The van der Waals surface area contributed by atoms with Crippen LogP contribution >= 0.6 is 0 Å². The third kappa shape index (κ3) is 9.92. The van der Waals surface area contributed by atoms with Crippen LogP contribution in [0, 0.1) is 5.92 Å². The molecule has 14 heavy (non-hydrogen) atoms. The van der Waals surface area contributed by atoms with Gasteiger partial charge in [-0.3, -0.25) is 0 Å². The molecular formula is C10H24N2O2. The topological polar surface area (TPSA) is 67.5 Å². The predicted octanol–water partition coefficient (Wildman–Crippen LogP) is -0.0417. The molecule has 0 aliphatic carbocycles. The fourth-order valence-electron chi connectivity index (χ4n) is 0.968. The van der Waals surface area contributed by atoms with Gasteiger partial charge in [0.25, 0.3) is 0 Å². The van der Waals surface area contributed by atoms with E-state index in [1.165, 1.54) is 0 Å². The van der Waals surface area contributed by atoms with E-state index in [4.69, 9.17) is 10.5 Å². The van der Waals surface area contributed by atoms with Gasteiger partial charge in [0.1, 0.15) is 0 Å². The van der Waals surface area contributed by atoms with E-state index in [2.05, 4.69) is 19.2 Å². The average Bonchev–Trinajstić information content (AvgIpc) is 2.13. The van der Waals surface area contributed by atoms with Crippen molar-refractivity contribution in [3.63, 3.8) is 0 Å². The van der Waals surface area contributed by atoms with Gasteiger partial charge in [0, 0.05) is 26.2 Å². The molecule has 0 radical (unpaired) electrons. The second kappa shape index (κ2) is 9.40. The zero-order valence-electron chi connectivity index (χ0n) is 9.33. The Bertz CT molecular complexity index is 121. The molecule has 0 saturated carbocycles. The van der Waals surface area contributed by atoms with Crippen LogP contribution in [-0.2, 0) is 4.74 Å². The molecule has 1 atom stereocenters.